The molecule has 1 aliphatic rings. The van der Waals surface area contributed by atoms with E-state index in [0.29, 0.717) is 18.1 Å². The van der Waals surface area contributed by atoms with Crippen LogP contribution in [0.15, 0.2) is 30.3 Å². The third-order valence-corrected chi connectivity index (χ3v) is 4.41. The predicted molar refractivity (Wildman–Crippen MR) is 83.9 cm³/mol. The highest BCUT2D eigenvalue weighted by Gasteiger charge is 2.26. The van der Waals surface area contributed by atoms with Crippen molar-refractivity contribution in [1.82, 2.24) is 4.90 Å². The summed E-state index contributed by atoms with van der Waals surface area (Å²) in [5.74, 6) is 0.549. The summed E-state index contributed by atoms with van der Waals surface area (Å²) in [6, 6.07) is 11.2. The fraction of sp³-hybridized carbons (Fsp3) is 0.647. The third-order valence-electron chi connectivity index (χ3n) is 4.41. The minimum Gasteiger partial charge on any atom is -0.376 e. The lowest BCUT2D eigenvalue weighted by Gasteiger charge is -2.38. The van der Waals surface area contributed by atoms with Crippen LogP contribution in [0.4, 0.5) is 0 Å². The second kappa shape index (κ2) is 7.77. The average molecular weight is 276 g/mol. The van der Waals surface area contributed by atoms with Crippen molar-refractivity contribution in [1.29, 1.82) is 0 Å². The molecule has 0 spiro atoms. The number of rotatable bonds is 6. The van der Waals surface area contributed by atoms with E-state index in [0.717, 1.165) is 39.1 Å². The van der Waals surface area contributed by atoms with Crippen molar-refractivity contribution in [3.05, 3.63) is 35.9 Å². The summed E-state index contributed by atoms with van der Waals surface area (Å²) in [5, 5.41) is 0. The SMILES string of the molecule is CCC1CN(C(CN)CC(C)c2ccccc2)CCO1. The Morgan fingerprint density at radius 2 is 2.10 bits per heavy atom. The standard InChI is InChI=1S/C17H28N2O/c1-3-17-13-19(9-10-20-17)16(12-18)11-14(2)15-7-5-4-6-8-15/h4-8,14,16-17H,3,9-13,18H2,1-2H3. The fourth-order valence-electron chi connectivity index (χ4n) is 3.04. The second-order valence-electron chi connectivity index (χ2n) is 5.83. The maximum Gasteiger partial charge on any atom is 0.0700 e. The van der Waals surface area contributed by atoms with Crippen LogP contribution in [0, 0.1) is 0 Å². The zero-order chi connectivity index (χ0) is 14.4. The van der Waals surface area contributed by atoms with Gasteiger partial charge >= 0.3 is 0 Å². The molecule has 0 saturated carbocycles. The Hall–Kier alpha value is -0.900. The van der Waals surface area contributed by atoms with E-state index in [9.17, 15) is 0 Å². The van der Waals surface area contributed by atoms with Crippen LogP contribution in [0.2, 0.25) is 0 Å². The molecule has 3 heteroatoms. The first-order valence-corrected chi connectivity index (χ1v) is 7.85. The van der Waals surface area contributed by atoms with E-state index in [1.807, 2.05) is 0 Å². The Morgan fingerprint density at radius 1 is 1.35 bits per heavy atom. The average Bonchev–Trinajstić information content (AvgIpc) is 2.53. The maximum atomic E-state index is 6.03. The van der Waals surface area contributed by atoms with Gasteiger partial charge in [-0.2, -0.15) is 0 Å². The first kappa shape index (κ1) is 15.5. The summed E-state index contributed by atoms with van der Waals surface area (Å²) in [6.45, 7) is 8.11. The molecule has 1 saturated heterocycles. The lowest BCUT2D eigenvalue weighted by molar-refractivity contribution is -0.0448. The van der Waals surface area contributed by atoms with Gasteiger partial charge in [0.1, 0.15) is 0 Å². The summed E-state index contributed by atoms with van der Waals surface area (Å²) in [5.41, 5.74) is 7.44. The Balaban J connectivity index is 1.94. The number of ether oxygens (including phenoxy) is 1. The van der Waals surface area contributed by atoms with Gasteiger partial charge < -0.3 is 10.5 Å². The molecule has 1 aromatic carbocycles. The van der Waals surface area contributed by atoms with Crippen LogP contribution in [-0.2, 0) is 4.74 Å². The van der Waals surface area contributed by atoms with Crippen molar-refractivity contribution in [2.75, 3.05) is 26.2 Å². The van der Waals surface area contributed by atoms with E-state index in [-0.39, 0.29) is 0 Å². The van der Waals surface area contributed by atoms with E-state index >= 15 is 0 Å². The fourth-order valence-corrected chi connectivity index (χ4v) is 3.04. The van der Waals surface area contributed by atoms with Crippen molar-refractivity contribution in [2.24, 2.45) is 5.73 Å². The van der Waals surface area contributed by atoms with E-state index < -0.39 is 0 Å². The molecule has 1 heterocycles. The van der Waals surface area contributed by atoms with Crippen molar-refractivity contribution >= 4 is 0 Å². The molecule has 0 radical (unpaired) electrons. The van der Waals surface area contributed by atoms with Crippen LogP contribution in [0.5, 0.6) is 0 Å². The zero-order valence-corrected chi connectivity index (χ0v) is 12.8. The van der Waals surface area contributed by atoms with Crippen LogP contribution in [-0.4, -0.2) is 43.3 Å². The molecule has 1 aromatic rings. The summed E-state index contributed by atoms with van der Waals surface area (Å²) >= 11 is 0. The maximum absolute atomic E-state index is 6.03. The highest BCUT2D eigenvalue weighted by Crippen LogP contribution is 2.23. The first-order chi connectivity index (χ1) is 9.74. The lowest BCUT2D eigenvalue weighted by atomic mass is 9.93. The minimum atomic E-state index is 0.379. The van der Waals surface area contributed by atoms with Crippen LogP contribution in [0.1, 0.15) is 38.2 Å². The van der Waals surface area contributed by atoms with Crippen LogP contribution in [0.25, 0.3) is 0 Å². The normalized spacial score (nSPS) is 23.4. The summed E-state index contributed by atoms with van der Waals surface area (Å²) < 4.78 is 5.76. The Bertz CT molecular complexity index is 382. The molecule has 2 rings (SSSR count). The van der Waals surface area contributed by atoms with Gasteiger partial charge in [-0.1, -0.05) is 44.2 Å². The molecule has 0 amide bonds. The predicted octanol–water partition coefficient (Wildman–Crippen LogP) is 2.62. The van der Waals surface area contributed by atoms with Crippen LogP contribution >= 0.6 is 0 Å². The highest BCUT2D eigenvalue weighted by atomic mass is 16.5. The van der Waals surface area contributed by atoms with E-state index in [1.54, 1.807) is 0 Å². The van der Waals surface area contributed by atoms with Gasteiger partial charge in [-0.3, -0.25) is 4.90 Å². The van der Waals surface area contributed by atoms with Gasteiger partial charge in [0.2, 0.25) is 0 Å². The summed E-state index contributed by atoms with van der Waals surface area (Å²) in [4.78, 5) is 2.52. The van der Waals surface area contributed by atoms with Gasteiger partial charge in [0.15, 0.2) is 0 Å². The topological polar surface area (TPSA) is 38.5 Å². The minimum absolute atomic E-state index is 0.379. The van der Waals surface area contributed by atoms with Crippen LogP contribution in [0.3, 0.4) is 0 Å². The molecular formula is C17H28N2O. The quantitative estimate of drug-likeness (QED) is 0.868. The molecule has 3 atom stereocenters. The number of benzene rings is 1. The number of hydrogen-bond donors (Lipinski definition) is 1. The molecule has 0 aromatic heterocycles. The molecule has 3 unspecified atom stereocenters. The van der Waals surface area contributed by atoms with E-state index in [2.05, 4.69) is 49.1 Å². The van der Waals surface area contributed by atoms with Crippen molar-refractivity contribution in [2.45, 2.75) is 44.8 Å². The molecule has 20 heavy (non-hydrogen) atoms. The molecule has 3 nitrogen and oxygen atoms in total. The van der Waals surface area contributed by atoms with Gasteiger partial charge in [0.05, 0.1) is 12.7 Å². The highest BCUT2D eigenvalue weighted by molar-refractivity contribution is 5.19. The van der Waals surface area contributed by atoms with Gasteiger partial charge in [-0.15, -0.1) is 0 Å². The lowest BCUT2D eigenvalue weighted by Crippen LogP contribution is -2.50. The summed E-state index contributed by atoms with van der Waals surface area (Å²) in [6.07, 6.45) is 2.59. The number of nitrogens with two attached hydrogens (primary N) is 1. The van der Waals surface area contributed by atoms with Gasteiger partial charge in [-0.05, 0) is 24.3 Å². The molecule has 1 fully saturated rings. The van der Waals surface area contributed by atoms with Crippen molar-refractivity contribution in [3.8, 4) is 0 Å². The summed E-state index contributed by atoms with van der Waals surface area (Å²) in [7, 11) is 0. The zero-order valence-electron chi connectivity index (χ0n) is 12.8. The largest absolute Gasteiger partial charge is 0.376 e. The molecule has 1 aliphatic heterocycles. The third kappa shape index (κ3) is 4.05. The van der Waals surface area contributed by atoms with Gasteiger partial charge in [0, 0.05) is 25.7 Å². The van der Waals surface area contributed by atoms with Crippen LogP contribution < -0.4 is 5.73 Å². The molecular weight excluding hydrogens is 248 g/mol. The second-order valence-corrected chi connectivity index (χ2v) is 5.83. The number of hydrogen-bond acceptors (Lipinski definition) is 3. The molecule has 0 bridgehead atoms. The van der Waals surface area contributed by atoms with Gasteiger partial charge in [-0.25, -0.2) is 0 Å². The van der Waals surface area contributed by atoms with E-state index in [4.69, 9.17) is 10.5 Å². The molecule has 0 aliphatic carbocycles. The Labute approximate surface area is 123 Å². The van der Waals surface area contributed by atoms with Crippen molar-refractivity contribution in [3.63, 3.8) is 0 Å². The van der Waals surface area contributed by atoms with E-state index in [1.165, 1.54) is 5.56 Å². The van der Waals surface area contributed by atoms with Gasteiger partial charge in [0.25, 0.3) is 0 Å². The monoisotopic (exact) mass is 276 g/mol. The Kier molecular flexibility index (Phi) is 6.02. The molecule has 2 N–H and O–H groups in total. The smallest absolute Gasteiger partial charge is 0.0700 e. The Morgan fingerprint density at radius 3 is 2.75 bits per heavy atom. The first-order valence-electron chi connectivity index (χ1n) is 7.85. The number of nitrogens with zero attached hydrogens (tertiary/aromatic N) is 1. The molecule has 112 valence electrons. The number of morpholine rings is 1. The van der Waals surface area contributed by atoms with Crippen molar-refractivity contribution < 1.29 is 4.74 Å².